The van der Waals surface area contributed by atoms with Crippen molar-refractivity contribution in [2.45, 2.75) is 19.6 Å². The second-order valence-electron chi connectivity index (χ2n) is 10.6. The Hall–Kier alpha value is -5.51. The van der Waals surface area contributed by atoms with Gasteiger partial charge in [0.05, 0.1) is 28.7 Å². The van der Waals surface area contributed by atoms with Crippen molar-refractivity contribution < 1.29 is 31.6 Å². The molecule has 0 atom stereocenters. The number of alkyl halides is 3. The average Bonchev–Trinajstić information content (AvgIpc) is 3.66. The Morgan fingerprint density at radius 2 is 1.76 bits per heavy atom. The number of hydrogen-bond donors (Lipinski definition) is 3. The Kier molecular flexibility index (Phi) is 8.04. The number of amides is 3. The molecule has 0 aliphatic carbocycles. The van der Waals surface area contributed by atoms with Gasteiger partial charge in [-0.1, -0.05) is 12.1 Å². The Balaban J connectivity index is 1.31. The number of fused-ring (bicyclic) bond motifs is 1. The summed E-state index contributed by atoms with van der Waals surface area (Å²) in [6.45, 7) is 4.46. The molecule has 0 spiro atoms. The number of carbonyl (C=O) groups excluding carboxylic acids is 2. The van der Waals surface area contributed by atoms with Crippen LogP contribution in [0.4, 0.5) is 39.5 Å². The maximum Gasteiger partial charge on any atom is 0.416 e. The van der Waals surface area contributed by atoms with Gasteiger partial charge in [-0.2, -0.15) is 18.3 Å². The predicted octanol–water partition coefficient (Wildman–Crippen LogP) is 5.10. The minimum atomic E-state index is -4.71. The number of hydrogen-bond acceptors (Lipinski definition) is 8. The van der Waals surface area contributed by atoms with Gasteiger partial charge in [0, 0.05) is 50.9 Å². The molecule has 0 radical (unpaired) electrons. The van der Waals surface area contributed by atoms with E-state index in [0.29, 0.717) is 78.9 Å². The van der Waals surface area contributed by atoms with Crippen LogP contribution < -0.4 is 16.4 Å². The quantitative estimate of drug-likeness (QED) is 0.218. The second kappa shape index (κ2) is 12.1. The molecule has 6 rings (SSSR count). The number of nitrogen functional groups attached to an aromatic ring is 1. The third kappa shape index (κ3) is 6.06. The summed E-state index contributed by atoms with van der Waals surface area (Å²) < 4.78 is 60.8. The molecule has 12 nitrogen and oxygen atoms in total. The molecule has 5 aromatic rings. The van der Waals surface area contributed by atoms with Crippen LogP contribution in [-0.2, 0) is 17.5 Å². The summed E-state index contributed by atoms with van der Waals surface area (Å²) in [7, 11) is 0. The molecule has 1 saturated heterocycles. The number of nitrogens with zero attached hydrogens (tertiary/aromatic N) is 6. The molecule has 2 aromatic carbocycles. The molecule has 3 aromatic heterocycles. The Morgan fingerprint density at radius 3 is 2.41 bits per heavy atom. The number of oxazole rings is 1. The van der Waals surface area contributed by atoms with Gasteiger partial charge < -0.3 is 25.7 Å². The topological polar surface area (TPSA) is 147 Å². The lowest BCUT2D eigenvalue weighted by Crippen LogP contribution is -2.47. The molecule has 0 unspecified atom stereocenters. The highest BCUT2D eigenvalue weighted by molar-refractivity contribution is 6.01. The van der Waals surface area contributed by atoms with Gasteiger partial charge >= 0.3 is 12.2 Å². The molecule has 0 saturated carbocycles. The van der Waals surface area contributed by atoms with E-state index in [9.17, 15) is 27.2 Å². The number of rotatable bonds is 6. The highest BCUT2D eigenvalue weighted by Crippen LogP contribution is 2.42. The van der Waals surface area contributed by atoms with Crippen LogP contribution in [0.2, 0.25) is 0 Å². The van der Waals surface area contributed by atoms with Crippen molar-refractivity contribution in [3.8, 4) is 22.5 Å². The van der Waals surface area contributed by atoms with Gasteiger partial charge in [-0.3, -0.25) is 9.69 Å². The molecular weight excluding hydrogens is 610 g/mol. The number of carbonyl (C=O) groups is 2. The minimum Gasteiger partial charge on any atom is -0.443 e. The number of urea groups is 1. The first-order valence-corrected chi connectivity index (χ1v) is 14.1. The van der Waals surface area contributed by atoms with Gasteiger partial charge in [0.25, 0.3) is 0 Å². The normalized spacial score (nSPS) is 14.1. The number of halogens is 4. The summed E-state index contributed by atoms with van der Waals surface area (Å²) in [6.07, 6.45) is -0.466. The van der Waals surface area contributed by atoms with Gasteiger partial charge in [-0.05, 0) is 35.9 Å². The van der Waals surface area contributed by atoms with E-state index in [1.54, 1.807) is 46.8 Å². The monoisotopic (exact) mass is 637 g/mol. The van der Waals surface area contributed by atoms with Crippen LogP contribution in [0.25, 0.3) is 28.0 Å². The maximum absolute atomic E-state index is 14.1. The highest BCUT2D eigenvalue weighted by Gasteiger charge is 2.32. The fourth-order valence-corrected chi connectivity index (χ4v) is 5.44. The first kappa shape index (κ1) is 30.5. The van der Waals surface area contributed by atoms with E-state index in [1.165, 1.54) is 12.7 Å². The number of nitrogens with one attached hydrogen (secondary N) is 2. The predicted molar refractivity (Wildman–Crippen MR) is 160 cm³/mol. The molecule has 0 bridgehead atoms. The SMILES string of the molecule is CC(=O)N1CCN(Cc2c(-c3cnco3)c(-c3ccc(NC(=O)Nc4cc(C(F)(F)F)ccc4F)cc3)c3c(N)ncnn23)CC1. The van der Waals surface area contributed by atoms with Crippen molar-refractivity contribution in [3.05, 3.63) is 78.5 Å². The summed E-state index contributed by atoms with van der Waals surface area (Å²) >= 11 is 0. The lowest BCUT2D eigenvalue weighted by molar-refractivity contribution is -0.137. The Morgan fingerprint density at radius 1 is 1.02 bits per heavy atom. The number of piperazine rings is 1. The molecule has 4 N–H and O–H groups in total. The van der Waals surface area contributed by atoms with Crippen molar-refractivity contribution in [1.82, 2.24) is 29.4 Å². The first-order chi connectivity index (χ1) is 22.0. The molecule has 1 aliphatic rings. The third-order valence-corrected chi connectivity index (χ3v) is 7.69. The van der Waals surface area contributed by atoms with Crippen LogP contribution >= 0.6 is 0 Å². The molecule has 238 valence electrons. The average molecular weight is 638 g/mol. The zero-order chi connectivity index (χ0) is 32.6. The standard InChI is InChI=1S/C30H27F4N9O3/c1-17(44)42-10-8-41(9-11-42)14-23-26(24-13-36-16-46-24)25(27-28(35)37-15-38-43(23)27)18-2-5-20(6-3-18)39-29(45)40-22-12-19(30(32,33)34)4-7-21(22)31/h2-7,12-13,15-16H,8-11,14H2,1H3,(H2,35,37,38)(H2,39,40,45). The van der Waals surface area contributed by atoms with Crippen molar-refractivity contribution >= 4 is 34.6 Å². The van der Waals surface area contributed by atoms with Crippen molar-refractivity contribution in [2.24, 2.45) is 0 Å². The molecule has 46 heavy (non-hydrogen) atoms. The zero-order valence-corrected chi connectivity index (χ0v) is 24.3. The number of nitrogens with two attached hydrogens (primary N) is 1. The van der Waals surface area contributed by atoms with Crippen LogP contribution in [0.15, 0.2) is 65.8 Å². The smallest absolute Gasteiger partial charge is 0.416 e. The van der Waals surface area contributed by atoms with Gasteiger partial charge in [0.2, 0.25) is 5.91 Å². The van der Waals surface area contributed by atoms with Crippen LogP contribution in [-0.4, -0.2) is 67.5 Å². The van der Waals surface area contributed by atoms with E-state index < -0.39 is 29.3 Å². The summed E-state index contributed by atoms with van der Waals surface area (Å²) in [6, 6.07) is 7.37. The molecule has 4 heterocycles. The molecule has 3 amide bonds. The van der Waals surface area contributed by atoms with E-state index in [2.05, 4.69) is 30.6 Å². The second-order valence-corrected chi connectivity index (χ2v) is 10.6. The van der Waals surface area contributed by atoms with Crippen molar-refractivity contribution in [3.63, 3.8) is 0 Å². The molecule has 16 heteroatoms. The Labute approximate surface area is 258 Å². The van der Waals surface area contributed by atoms with Crippen LogP contribution in [0.3, 0.4) is 0 Å². The number of aromatic nitrogens is 4. The van der Waals surface area contributed by atoms with Crippen LogP contribution in [0.1, 0.15) is 18.2 Å². The summed E-state index contributed by atoms with van der Waals surface area (Å²) in [4.78, 5) is 36.7. The van der Waals surface area contributed by atoms with E-state index in [1.807, 2.05) is 0 Å². The molecule has 1 aliphatic heterocycles. The first-order valence-electron chi connectivity index (χ1n) is 14.1. The lowest BCUT2D eigenvalue weighted by Gasteiger charge is -2.34. The minimum absolute atomic E-state index is 0.0242. The van der Waals surface area contributed by atoms with Gasteiger partial charge in [-0.25, -0.2) is 23.7 Å². The van der Waals surface area contributed by atoms with Gasteiger partial charge in [0.15, 0.2) is 18.0 Å². The zero-order valence-electron chi connectivity index (χ0n) is 24.3. The summed E-state index contributed by atoms with van der Waals surface area (Å²) in [5.41, 5.74) is 8.22. The van der Waals surface area contributed by atoms with E-state index >= 15 is 0 Å². The van der Waals surface area contributed by atoms with Crippen molar-refractivity contribution in [1.29, 1.82) is 0 Å². The fourth-order valence-electron chi connectivity index (χ4n) is 5.44. The molecular formula is C30H27F4N9O3. The van der Waals surface area contributed by atoms with E-state index in [4.69, 9.17) is 10.2 Å². The summed E-state index contributed by atoms with van der Waals surface area (Å²) in [5.74, 6) is -0.323. The van der Waals surface area contributed by atoms with Crippen LogP contribution in [0, 0.1) is 5.82 Å². The van der Waals surface area contributed by atoms with E-state index in [0.717, 1.165) is 5.69 Å². The fraction of sp³-hybridized carbons (Fsp3) is 0.233. The number of benzene rings is 2. The van der Waals surface area contributed by atoms with Gasteiger partial charge in [-0.15, -0.1) is 0 Å². The lowest BCUT2D eigenvalue weighted by atomic mass is 9.99. The van der Waals surface area contributed by atoms with E-state index in [-0.39, 0.29) is 17.4 Å². The van der Waals surface area contributed by atoms with Crippen molar-refractivity contribution in [2.75, 3.05) is 42.5 Å². The maximum atomic E-state index is 14.1. The van der Waals surface area contributed by atoms with Gasteiger partial charge in [0.1, 0.15) is 17.7 Å². The highest BCUT2D eigenvalue weighted by atomic mass is 19.4. The number of anilines is 3. The largest absolute Gasteiger partial charge is 0.443 e. The third-order valence-electron chi connectivity index (χ3n) is 7.69. The summed E-state index contributed by atoms with van der Waals surface area (Å²) in [5, 5.41) is 9.12. The van der Waals surface area contributed by atoms with Crippen LogP contribution in [0.5, 0.6) is 0 Å². The Bertz CT molecular complexity index is 1900. The molecule has 1 fully saturated rings.